The van der Waals surface area contributed by atoms with Crippen molar-refractivity contribution in [2.24, 2.45) is 5.92 Å². The van der Waals surface area contributed by atoms with Gasteiger partial charge in [0.1, 0.15) is 5.82 Å². The normalized spacial score (nSPS) is 29.9. The molecule has 0 bridgehead atoms. The van der Waals surface area contributed by atoms with Crippen molar-refractivity contribution in [2.75, 3.05) is 22.6 Å². The Morgan fingerprint density at radius 2 is 1.96 bits per heavy atom. The van der Waals surface area contributed by atoms with Gasteiger partial charge in [0.15, 0.2) is 9.84 Å². The van der Waals surface area contributed by atoms with Gasteiger partial charge in [0.2, 0.25) is 5.91 Å². The summed E-state index contributed by atoms with van der Waals surface area (Å²) in [5.74, 6) is 2.11. The number of rotatable bonds is 2. The Balaban J connectivity index is 1.74. The van der Waals surface area contributed by atoms with Crippen LogP contribution in [0.5, 0.6) is 0 Å². The van der Waals surface area contributed by atoms with Gasteiger partial charge in [-0.3, -0.25) is 4.79 Å². The third-order valence-corrected chi connectivity index (χ3v) is 8.86. The lowest BCUT2D eigenvalue weighted by atomic mass is 9.84. The molecule has 138 valence electrons. The smallest absolute Gasteiger partial charge is 0.235 e. The van der Waals surface area contributed by atoms with Crippen LogP contribution in [0.4, 0.5) is 5.82 Å². The molecule has 0 radical (unpaired) electrons. The largest absolute Gasteiger partial charge is 0.310 e. The van der Waals surface area contributed by atoms with Crippen LogP contribution in [0.25, 0.3) is 0 Å². The van der Waals surface area contributed by atoms with Gasteiger partial charge < -0.3 is 5.32 Å². The summed E-state index contributed by atoms with van der Waals surface area (Å²) in [5.41, 5.74) is 2.07. The standard InChI is InChI=1S/C17H25N3O3S2/c1-11-15-16(12-5-3-2-4-6-12)24-9-14(21)18-17(15)20(19-11)13-7-8-25(22,23)10-13/h12-13,16H,2-10H2,1H3,(H,18,21). The first kappa shape index (κ1) is 17.4. The van der Waals surface area contributed by atoms with E-state index < -0.39 is 9.84 Å². The number of anilines is 1. The Labute approximate surface area is 153 Å². The maximum atomic E-state index is 12.3. The van der Waals surface area contributed by atoms with Crippen LogP contribution in [-0.2, 0) is 14.6 Å². The van der Waals surface area contributed by atoms with E-state index in [1.807, 2.05) is 6.92 Å². The number of amides is 1. The summed E-state index contributed by atoms with van der Waals surface area (Å²) >= 11 is 1.73. The van der Waals surface area contributed by atoms with Gasteiger partial charge in [-0.15, -0.1) is 11.8 Å². The van der Waals surface area contributed by atoms with Crippen LogP contribution in [0, 0.1) is 12.8 Å². The molecule has 0 aromatic carbocycles. The lowest BCUT2D eigenvalue weighted by molar-refractivity contribution is -0.113. The van der Waals surface area contributed by atoms with E-state index in [0.717, 1.165) is 17.1 Å². The zero-order valence-corrected chi connectivity index (χ0v) is 16.2. The van der Waals surface area contributed by atoms with Crippen LogP contribution >= 0.6 is 11.8 Å². The third kappa shape index (κ3) is 3.35. The zero-order valence-electron chi connectivity index (χ0n) is 14.5. The van der Waals surface area contributed by atoms with Crippen LogP contribution in [0.15, 0.2) is 0 Å². The molecule has 2 aliphatic heterocycles. The third-order valence-electron chi connectivity index (χ3n) is 5.70. The van der Waals surface area contributed by atoms with E-state index in [1.54, 1.807) is 16.4 Å². The Morgan fingerprint density at radius 1 is 1.20 bits per heavy atom. The second-order valence-corrected chi connectivity index (χ2v) is 10.9. The molecule has 2 atom stereocenters. The molecule has 1 saturated heterocycles. The number of aryl methyl sites for hydroxylation is 1. The molecule has 1 N–H and O–H groups in total. The summed E-state index contributed by atoms with van der Waals surface area (Å²) in [6.07, 6.45) is 6.80. The lowest BCUT2D eigenvalue weighted by Gasteiger charge is -2.29. The van der Waals surface area contributed by atoms with E-state index in [2.05, 4.69) is 10.4 Å². The fourth-order valence-electron chi connectivity index (χ4n) is 4.48. The fraction of sp³-hybridized carbons (Fsp3) is 0.765. The maximum Gasteiger partial charge on any atom is 0.235 e. The van der Waals surface area contributed by atoms with Gasteiger partial charge in [-0.2, -0.15) is 5.10 Å². The van der Waals surface area contributed by atoms with E-state index in [1.165, 1.54) is 32.1 Å². The van der Waals surface area contributed by atoms with E-state index in [4.69, 9.17) is 0 Å². The molecule has 1 aromatic heterocycles. The van der Waals surface area contributed by atoms with Crippen molar-refractivity contribution in [3.05, 3.63) is 11.3 Å². The number of hydrogen-bond acceptors (Lipinski definition) is 5. The number of carbonyl (C=O) groups is 1. The number of aromatic nitrogens is 2. The molecule has 1 aliphatic carbocycles. The van der Waals surface area contributed by atoms with Crippen molar-refractivity contribution in [2.45, 2.75) is 56.7 Å². The van der Waals surface area contributed by atoms with E-state index >= 15 is 0 Å². The summed E-state index contributed by atoms with van der Waals surface area (Å²) in [5, 5.41) is 7.99. The van der Waals surface area contributed by atoms with Crippen LogP contribution < -0.4 is 5.32 Å². The van der Waals surface area contributed by atoms with Gasteiger partial charge in [-0.05, 0) is 32.1 Å². The number of fused-ring (bicyclic) bond motifs is 1. The first-order chi connectivity index (χ1) is 11.9. The van der Waals surface area contributed by atoms with E-state index in [-0.39, 0.29) is 28.7 Å². The van der Waals surface area contributed by atoms with Crippen molar-refractivity contribution in [3.8, 4) is 0 Å². The monoisotopic (exact) mass is 383 g/mol. The maximum absolute atomic E-state index is 12.3. The Kier molecular flexibility index (Phi) is 4.60. The van der Waals surface area contributed by atoms with Crippen LogP contribution in [0.1, 0.15) is 61.1 Å². The van der Waals surface area contributed by atoms with Gasteiger partial charge in [0, 0.05) is 10.8 Å². The minimum Gasteiger partial charge on any atom is -0.310 e. The van der Waals surface area contributed by atoms with Crippen molar-refractivity contribution < 1.29 is 13.2 Å². The number of nitrogens with zero attached hydrogens (tertiary/aromatic N) is 2. The Morgan fingerprint density at radius 3 is 2.64 bits per heavy atom. The number of carbonyl (C=O) groups excluding carboxylic acids is 1. The number of hydrogen-bond donors (Lipinski definition) is 1. The summed E-state index contributed by atoms with van der Waals surface area (Å²) in [6, 6.07) is -0.164. The molecule has 3 aliphatic rings. The molecule has 8 heteroatoms. The predicted molar refractivity (Wildman–Crippen MR) is 99.7 cm³/mol. The highest BCUT2D eigenvalue weighted by atomic mass is 32.2. The number of sulfone groups is 1. The SMILES string of the molecule is Cc1nn(C2CCS(=O)(=O)C2)c2c1C(C1CCCCC1)SCC(=O)N2. The Bertz CT molecular complexity index is 781. The molecule has 2 unspecified atom stereocenters. The molecule has 6 nitrogen and oxygen atoms in total. The summed E-state index contributed by atoms with van der Waals surface area (Å²) in [6.45, 7) is 1.99. The number of thioether (sulfide) groups is 1. The van der Waals surface area contributed by atoms with Gasteiger partial charge in [0.05, 0.1) is 29.0 Å². The highest BCUT2D eigenvalue weighted by Gasteiger charge is 2.38. The lowest BCUT2D eigenvalue weighted by Crippen LogP contribution is -2.20. The molecule has 25 heavy (non-hydrogen) atoms. The quantitative estimate of drug-likeness (QED) is 0.849. The average molecular weight is 384 g/mol. The molecule has 1 saturated carbocycles. The topological polar surface area (TPSA) is 81.1 Å². The van der Waals surface area contributed by atoms with Gasteiger partial charge in [-0.25, -0.2) is 13.1 Å². The predicted octanol–water partition coefficient (Wildman–Crippen LogP) is 2.86. The van der Waals surface area contributed by atoms with Crippen molar-refractivity contribution >= 4 is 33.3 Å². The van der Waals surface area contributed by atoms with Gasteiger partial charge in [0.25, 0.3) is 0 Å². The molecule has 0 spiro atoms. The van der Waals surface area contributed by atoms with Crippen LogP contribution in [0.2, 0.25) is 0 Å². The second kappa shape index (κ2) is 6.61. The Hall–Kier alpha value is -1.02. The minimum atomic E-state index is -3.00. The average Bonchev–Trinajstić information content (AvgIpc) is 3.03. The zero-order chi connectivity index (χ0) is 17.6. The van der Waals surface area contributed by atoms with Crippen molar-refractivity contribution in [3.63, 3.8) is 0 Å². The van der Waals surface area contributed by atoms with Crippen molar-refractivity contribution in [1.29, 1.82) is 0 Å². The number of nitrogens with one attached hydrogen (secondary N) is 1. The van der Waals surface area contributed by atoms with E-state index in [0.29, 0.717) is 18.1 Å². The van der Waals surface area contributed by atoms with Crippen LogP contribution in [-0.4, -0.2) is 41.4 Å². The van der Waals surface area contributed by atoms with Crippen molar-refractivity contribution in [1.82, 2.24) is 9.78 Å². The summed E-state index contributed by atoms with van der Waals surface area (Å²) in [4.78, 5) is 12.3. The first-order valence-corrected chi connectivity index (χ1v) is 12.0. The highest BCUT2D eigenvalue weighted by Crippen LogP contribution is 2.48. The molecule has 4 rings (SSSR count). The molecule has 1 amide bonds. The minimum absolute atomic E-state index is 0.00781. The van der Waals surface area contributed by atoms with Gasteiger partial charge in [-0.1, -0.05) is 19.3 Å². The molecule has 3 heterocycles. The summed E-state index contributed by atoms with van der Waals surface area (Å²) < 4.78 is 25.6. The molecular weight excluding hydrogens is 358 g/mol. The summed E-state index contributed by atoms with van der Waals surface area (Å²) in [7, 11) is -3.00. The molecule has 2 fully saturated rings. The van der Waals surface area contributed by atoms with Crippen LogP contribution in [0.3, 0.4) is 0 Å². The highest BCUT2D eigenvalue weighted by molar-refractivity contribution is 8.00. The fourth-order valence-corrected chi connectivity index (χ4v) is 7.57. The van der Waals surface area contributed by atoms with Gasteiger partial charge >= 0.3 is 0 Å². The van der Waals surface area contributed by atoms with E-state index in [9.17, 15) is 13.2 Å². The molecule has 1 aromatic rings. The second-order valence-electron chi connectivity index (χ2n) is 7.53. The first-order valence-electron chi connectivity index (χ1n) is 9.15. The molecular formula is C17H25N3O3S2.